The Labute approximate surface area is 80.9 Å². The van der Waals surface area contributed by atoms with Gasteiger partial charge in [0, 0.05) is 17.7 Å². The fourth-order valence-electron chi connectivity index (χ4n) is 1.21. The van der Waals surface area contributed by atoms with Crippen molar-refractivity contribution in [3.05, 3.63) is 22.9 Å². The van der Waals surface area contributed by atoms with E-state index in [1.807, 2.05) is 0 Å². The van der Waals surface area contributed by atoms with Crippen LogP contribution < -0.4 is 10.5 Å². The molecule has 3 nitrogen and oxygen atoms in total. The molecule has 78 valence electrons. The molecular weight excluding hydrogens is 190 g/mol. The topological polar surface area (TPSA) is 48.1 Å². The predicted octanol–water partition coefficient (Wildman–Crippen LogP) is 1.79. The maximum atomic E-state index is 12.5. The van der Waals surface area contributed by atoms with Crippen molar-refractivity contribution in [3.8, 4) is 5.88 Å². The molecule has 0 spiro atoms. The van der Waals surface area contributed by atoms with Crippen LogP contribution in [0.15, 0.2) is 6.07 Å². The van der Waals surface area contributed by atoms with Crippen molar-refractivity contribution < 1.29 is 13.5 Å². The molecule has 0 aliphatic carbocycles. The van der Waals surface area contributed by atoms with Crippen LogP contribution in [-0.4, -0.2) is 12.1 Å². The molecule has 1 aromatic heterocycles. The Morgan fingerprint density at radius 2 is 2.21 bits per heavy atom. The van der Waals surface area contributed by atoms with Crippen molar-refractivity contribution in [1.82, 2.24) is 4.98 Å². The summed E-state index contributed by atoms with van der Waals surface area (Å²) in [5, 5.41) is 0. The van der Waals surface area contributed by atoms with Crippen LogP contribution in [0.4, 0.5) is 8.78 Å². The standard InChI is InChI=1S/C9H12F2N2O/c1-5-3-6(8(10)11)7(4-12)13-9(5)14-2/h3,8H,4,12H2,1-2H3. The minimum Gasteiger partial charge on any atom is -0.481 e. The number of nitrogens with two attached hydrogens (primary N) is 1. The summed E-state index contributed by atoms with van der Waals surface area (Å²) in [6.07, 6.45) is -2.55. The number of hydrogen-bond acceptors (Lipinski definition) is 3. The summed E-state index contributed by atoms with van der Waals surface area (Å²) < 4.78 is 29.9. The third-order valence-electron chi connectivity index (χ3n) is 1.90. The number of pyridine rings is 1. The number of aromatic nitrogens is 1. The van der Waals surface area contributed by atoms with E-state index in [9.17, 15) is 8.78 Å². The maximum absolute atomic E-state index is 12.5. The smallest absolute Gasteiger partial charge is 0.265 e. The zero-order valence-electron chi connectivity index (χ0n) is 8.05. The van der Waals surface area contributed by atoms with Crippen LogP contribution in [0, 0.1) is 6.92 Å². The predicted molar refractivity (Wildman–Crippen MR) is 48.4 cm³/mol. The average Bonchev–Trinajstić information content (AvgIpc) is 2.17. The summed E-state index contributed by atoms with van der Waals surface area (Å²) in [6.45, 7) is 1.65. The lowest BCUT2D eigenvalue weighted by molar-refractivity contribution is 0.149. The zero-order valence-corrected chi connectivity index (χ0v) is 8.05. The molecule has 0 aromatic carbocycles. The van der Waals surface area contributed by atoms with E-state index in [4.69, 9.17) is 10.5 Å². The summed E-state index contributed by atoms with van der Waals surface area (Å²) in [5.41, 5.74) is 5.96. The van der Waals surface area contributed by atoms with Gasteiger partial charge in [0.15, 0.2) is 0 Å². The van der Waals surface area contributed by atoms with Gasteiger partial charge in [0.2, 0.25) is 5.88 Å². The van der Waals surface area contributed by atoms with Crippen molar-refractivity contribution in [2.24, 2.45) is 5.73 Å². The summed E-state index contributed by atoms with van der Waals surface area (Å²) in [4.78, 5) is 3.90. The van der Waals surface area contributed by atoms with Gasteiger partial charge in [-0.3, -0.25) is 0 Å². The molecule has 0 fully saturated rings. The molecule has 1 heterocycles. The Balaban J connectivity index is 3.24. The van der Waals surface area contributed by atoms with E-state index >= 15 is 0 Å². The van der Waals surface area contributed by atoms with Gasteiger partial charge in [-0.25, -0.2) is 13.8 Å². The number of rotatable bonds is 3. The molecule has 1 aromatic rings. The van der Waals surface area contributed by atoms with E-state index in [1.54, 1.807) is 6.92 Å². The van der Waals surface area contributed by atoms with Crippen LogP contribution >= 0.6 is 0 Å². The molecular formula is C9H12F2N2O. The number of methoxy groups -OCH3 is 1. The Morgan fingerprint density at radius 1 is 1.57 bits per heavy atom. The molecule has 2 N–H and O–H groups in total. The van der Waals surface area contributed by atoms with Gasteiger partial charge in [-0.1, -0.05) is 0 Å². The summed E-state index contributed by atoms with van der Waals surface area (Å²) in [6, 6.07) is 1.36. The fraction of sp³-hybridized carbons (Fsp3) is 0.444. The Kier molecular flexibility index (Phi) is 3.35. The lowest BCUT2D eigenvalue weighted by atomic mass is 10.1. The van der Waals surface area contributed by atoms with Crippen molar-refractivity contribution in [2.45, 2.75) is 19.9 Å². The molecule has 0 aliphatic heterocycles. The second kappa shape index (κ2) is 4.32. The van der Waals surface area contributed by atoms with Crippen LogP contribution in [0.25, 0.3) is 0 Å². The number of hydrogen-bond donors (Lipinski definition) is 1. The molecule has 0 bridgehead atoms. The number of ether oxygens (including phenoxy) is 1. The maximum Gasteiger partial charge on any atom is 0.265 e. The van der Waals surface area contributed by atoms with E-state index in [1.165, 1.54) is 13.2 Å². The molecule has 0 atom stereocenters. The van der Waals surface area contributed by atoms with Gasteiger partial charge in [0.1, 0.15) is 0 Å². The highest BCUT2D eigenvalue weighted by atomic mass is 19.3. The summed E-state index contributed by atoms with van der Waals surface area (Å²) in [5.74, 6) is 0.342. The lowest BCUT2D eigenvalue weighted by Gasteiger charge is -2.10. The SMILES string of the molecule is COc1nc(CN)c(C(F)F)cc1C. The van der Waals surface area contributed by atoms with Gasteiger partial charge in [0.05, 0.1) is 12.8 Å². The van der Waals surface area contributed by atoms with Crippen molar-refractivity contribution in [1.29, 1.82) is 0 Å². The van der Waals surface area contributed by atoms with Crippen LogP contribution in [0.2, 0.25) is 0 Å². The number of halogens is 2. The molecule has 14 heavy (non-hydrogen) atoms. The highest BCUT2D eigenvalue weighted by Crippen LogP contribution is 2.26. The molecule has 0 aliphatic rings. The highest BCUT2D eigenvalue weighted by molar-refractivity contribution is 5.34. The van der Waals surface area contributed by atoms with Crippen LogP contribution in [0.3, 0.4) is 0 Å². The summed E-state index contributed by atoms with van der Waals surface area (Å²) in [7, 11) is 1.44. The van der Waals surface area contributed by atoms with E-state index in [0.717, 1.165) is 0 Å². The molecule has 0 saturated carbocycles. The minimum absolute atomic E-state index is 0.0175. The largest absolute Gasteiger partial charge is 0.481 e. The van der Waals surface area contributed by atoms with E-state index in [0.29, 0.717) is 11.4 Å². The number of nitrogens with zero attached hydrogens (tertiary/aromatic N) is 1. The molecule has 0 saturated heterocycles. The van der Waals surface area contributed by atoms with Crippen LogP contribution in [0.1, 0.15) is 23.2 Å². The molecule has 0 amide bonds. The second-order valence-corrected chi connectivity index (χ2v) is 2.86. The van der Waals surface area contributed by atoms with Crippen LogP contribution in [0.5, 0.6) is 5.88 Å². The highest BCUT2D eigenvalue weighted by Gasteiger charge is 2.16. The Morgan fingerprint density at radius 3 is 2.64 bits per heavy atom. The molecule has 1 rings (SSSR count). The fourth-order valence-corrected chi connectivity index (χ4v) is 1.21. The van der Waals surface area contributed by atoms with E-state index in [2.05, 4.69) is 4.98 Å². The third kappa shape index (κ3) is 1.98. The van der Waals surface area contributed by atoms with Gasteiger partial charge in [-0.15, -0.1) is 0 Å². The van der Waals surface area contributed by atoms with Crippen molar-refractivity contribution in [3.63, 3.8) is 0 Å². The van der Waals surface area contributed by atoms with E-state index in [-0.39, 0.29) is 17.8 Å². The quantitative estimate of drug-likeness (QED) is 0.812. The van der Waals surface area contributed by atoms with Gasteiger partial charge >= 0.3 is 0 Å². The van der Waals surface area contributed by atoms with E-state index < -0.39 is 6.43 Å². The minimum atomic E-state index is -2.55. The monoisotopic (exact) mass is 202 g/mol. The zero-order chi connectivity index (χ0) is 10.7. The molecule has 0 unspecified atom stereocenters. The third-order valence-corrected chi connectivity index (χ3v) is 1.90. The van der Waals surface area contributed by atoms with Crippen molar-refractivity contribution in [2.75, 3.05) is 7.11 Å². The number of aryl methyl sites for hydroxylation is 1. The number of alkyl halides is 2. The first-order valence-corrected chi connectivity index (χ1v) is 4.12. The Hall–Kier alpha value is -1.23. The second-order valence-electron chi connectivity index (χ2n) is 2.86. The van der Waals surface area contributed by atoms with Crippen LogP contribution in [-0.2, 0) is 6.54 Å². The van der Waals surface area contributed by atoms with Gasteiger partial charge in [-0.05, 0) is 13.0 Å². The van der Waals surface area contributed by atoms with Gasteiger partial charge < -0.3 is 10.5 Å². The Bertz CT molecular complexity index is 329. The lowest BCUT2D eigenvalue weighted by Crippen LogP contribution is -2.07. The van der Waals surface area contributed by atoms with Crippen molar-refractivity contribution >= 4 is 0 Å². The molecule has 5 heteroatoms. The normalized spacial score (nSPS) is 10.7. The van der Waals surface area contributed by atoms with Gasteiger partial charge in [0.25, 0.3) is 6.43 Å². The molecule has 0 radical (unpaired) electrons. The first-order valence-electron chi connectivity index (χ1n) is 4.12. The average molecular weight is 202 g/mol. The summed E-state index contributed by atoms with van der Waals surface area (Å²) >= 11 is 0. The first-order chi connectivity index (χ1) is 6.60. The first kappa shape index (κ1) is 10.8. The van der Waals surface area contributed by atoms with Gasteiger partial charge in [-0.2, -0.15) is 0 Å².